The molecule has 0 fully saturated rings. The van der Waals surface area contributed by atoms with Crippen LogP contribution in [0.25, 0.3) is 11.2 Å². The van der Waals surface area contributed by atoms with Gasteiger partial charge in [-0.1, -0.05) is 25.6 Å². The Labute approximate surface area is 114 Å². The minimum absolute atomic E-state index is 0.372. The molecule has 1 atom stereocenters. The van der Waals surface area contributed by atoms with Crippen molar-refractivity contribution >= 4 is 22.9 Å². The molecule has 0 unspecified atom stereocenters. The lowest BCUT2D eigenvalue weighted by Gasteiger charge is -2.08. The third-order valence-electron chi connectivity index (χ3n) is 3.17. The minimum Gasteiger partial charge on any atom is -0.313 e. The van der Waals surface area contributed by atoms with Gasteiger partial charge in [0.1, 0.15) is 0 Å². The fourth-order valence-electron chi connectivity index (χ4n) is 1.86. The van der Waals surface area contributed by atoms with Crippen molar-refractivity contribution in [3.05, 3.63) is 20.8 Å². The van der Waals surface area contributed by atoms with Crippen LogP contribution in [-0.2, 0) is 13.6 Å². The normalized spacial score (nSPS) is 13.1. The number of nitrogens with one attached hydrogen (secondary N) is 1. The van der Waals surface area contributed by atoms with Crippen LogP contribution in [0.3, 0.4) is 0 Å². The molecule has 0 saturated heterocycles. The Bertz CT molecular complexity index is 713. The van der Waals surface area contributed by atoms with E-state index in [1.54, 1.807) is 18.8 Å². The second-order valence-corrected chi connectivity index (χ2v) is 5.87. The third kappa shape index (κ3) is 2.34. The number of hydrogen-bond acceptors (Lipinski definition) is 4. The number of rotatable bonds is 4. The van der Waals surface area contributed by atoms with Crippen LogP contribution < -0.4 is 11.2 Å². The van der Waals surface area contributed by atoms with Crippen molar-refractivity contribution in [1.82, 2.24) is 19.1 Å². The van der Waals surface area contributed by atoms with Crippen molar-refractivity contribution in [1.29, 1.82) is 0 Å². The summed E-state index contributed by atoms with van der Waals surface area (Å²) in [6.07, 6.45) is 1.02. The van der Waals surface area contributed by atoms with Gasteiger partial charge in [0.25, 0.3) is 5.56 Å². The van der Waals surface area contributed by atoms with Gasteiger partial charge in [-0.25, -0.2) is 9.78 Å². The van der Waals surface area contributed by atoms with Gasteiger partial charge in [-0.05, 0) is 13.3 Å². The van der Waals surface area contributed by atoms with Gasteiger partial charge >= 0.3 is 5.69 Å². The third-order valence-corrected chi connectivity index (χ3v) is 4.43. The summed E-state index contributed by atoms with van der Waals surface area (Å²) in [7, 11) is 1.62. The summed E-state index contributed by atoms with van der Waals surface area (Å²) < 4.78 is 3.24. The molecule has 6 nitrogen and oxygen atoms in total. The van der Waals surface area contributed by atoms with Gasteiger partial charge < -0.3 is 4.57 Å². The molecule has 19 heavy (non-hydrogen) atoms. The number of H-pyrrole nitrogens is 1. The number of aromatic nitrogens is 4. The van der Waals surface area contributed by atoms with Crippen molar-refractivity contribution in [3.63, 3.8) is 0 Å². The maximum Gasteiger partial charge on any atom is 0.329 e. The molecular formula is C12H18N4O2S. The van der Waals surface area contributed by atoms with E-state index >= 15 is 0 Å². The van der Waals surface area contributed by atoms with E-state index in [1.807, 2.05) is 11.5 Å². The van der Waals surface area contributed by atoms with Gasteiger partial charge in [0.2, 0.25) is 0 Å². The fraction of sp³-hybridized carbons (Fsp3) is 0.583. The predicted molar refractivity (Wildman–Crippen MR) is 76.9 cm³/mol. The van der Waals surface area contributed by atoms with E-state index in [9.17, 15) is 9.59 Å². The van der Waals surface area contributed by atoms with Crippen LogP contribution in [0.5, 0.6) is 0 Å². The summed E-state index contributed by atoms with van der Waals surface area (Å²) in [5, 5.41) is 1.21. The molecule has 2 rings (SSSR count). The average molecular weight is 282 g/mol. The molecule has 2 heterocycles. The first kappa shape index (κ1) is 13.9. The van der Waals surface area contributed by atoms with Crippen LogP contribution in [0.4, 0.5) is 0 Å². The summed E-state index contributed by atoms with van der Waals surface area (Å²) in [4.78, 5) is 30.3. The van der Waals surface area contributed by atoms with E-state index in [4.69, 9.17) is 0 Å². The number of fused-ring (bicyclic) bond motifs is 1. The molecule has 0 spiro atoms. The topological polar surface area (TPSA) is 72.7 Å². The molecule has 0 aliphatic rings. The number of imidazole rings is 1. The highest BCUT2D eigenvalue weighted by molar-refractivity contribution is 7.99. The Morgan fingerprint density at radius 1 is 1.37 bits per heavy atom. The van der Waals surface area contributed by atoms with Gasteiger partial charge in [-0.15, -0.1) is 0 Å². The summed E-state index contributed by atoms with van der Waals surface area (Å²) in [6.45, 7) is 6.84. The number of thioether (sulfide) groups is 1. The molecule has 0 saturated carbocycles. The predicted octanol–water partition coefficient (Wildman–Crippen LogP) is 1.33. The van der Waals surface area contributed by atoms with E-state index in [0.717, 1.165) is 11.6 Å². The van der Waals surface area contributed by atoms with Crippen molar-refractivity contribution in [2.24, 2.45) is 7.05 Å². The van der Waals surface area contributed by atoms with E-state index < -0.39 is 5.69 Å². The molecule has 1 N–H and O–H groups in total. The summed E-state index contributed by atoms with van der Waals surface area (Å²) in [5.74, 6) is 0. The average Bonchev–Trinajstić information content (AvgIpc) is 2.74. The number of aromatic amines is 1. The van der Waals surface area contributed by atoms with E-state index in [0.29, 0.717) is 23.0 Å². The lowest BCUT2D eigenvalue weighted by Crippen LogP contribution is -2.29. The van der Waals surface area contributed by atoms with E-state index in [2.05, 4.69) is 23.8 Å². The fourth-order valence-corrected chi connectivity index (χ4v) is 2.87. The van der Waals surface area contributed by atoms with Crippen molar-refractivity contribution in [2.75, 3.05) is 0 Å². The largest absolute Gasteiger partial charge is 0.329 e. The molecule has 0 radical (unpaired) electrons. The molecule has 0 aromatic carbocycles. The second kappa shape index (κ2) is 5.24. The highest BCUT2D eigenvalue weighted by Gasteiger charge is 2.17. The first-order chi connectivity index (χ1) is 8.99. The zero-order valence-corrected chi connectivity index (χ0v) is 12.4. The van der Waals surface area contributed by atoms with Crippen LogP contribution in [0, 0.1) is 0 Å². The van der Waals surface area contributed by atoms with Gasteiger partial charge in [0.15, 0.2) is 16.3 Å². The lowest BCUT2D eigenvalue weighted by molar-refractivity contribution is 0.696. The highest BCUT2D eigenvalue weighted by atomic mass is 32.2. The monoisotopic (exact) mass is 282 g/mol. The van der Waals surface area contributed by atoms with Crippen molar-refractivity contribution in [2.45, 2.75) is 44.1 Å². The summed E-state index contributed by atoms with van der Waals surface area (Å²) in [6, 6.07) is 0. The van der Waals surface area contributed by atoms with Gasteiger partial charge in [0, 0.05) is 18.8 Å². The maximum absolute atomic E-state index is 12.0. The number of aryl methyl sites for hydroxylation is 2. The maximum atomic E-state index is 12.0. The smallest absolute Gasteiger partial charge is 0.313 e. The van der Waals surface area contributed by atoms with Gasteiger partial charge in [0.05, 0.1) is 0 Å². The molecule has 0 aliphatic carbocycles. The Kier molecular flexibility index (Phi) is 3.84. The first-order valence-electron chi connectivity index (χ1n) is 6.35. The Morgan fingerprint density at radius 2 is 2.05 bits per heavy atom. The molecule has 7 heteroatoms. The number of hydrogen-bond donors (Lipinski definition) is 1. The lowest BCUT2D eigenvalue weighted by atomic mass is 10.4. The van der Waals surface area contributed by atoms with Crippen LogP contribution in [0.1, 0.15) is 27.2 Å². The van der Waals surface area contributed by atoms with Gasteiger partial charge in [-0.2, -0.15) is 0 Å². The molecule has 2 aromatic rings. The zero-order chi connectivity index (χ0) is 14.2. The standard InChI is InChI=1S/C12H18N4O2S/c1-5-7(3)19-12-13-9-8(16(12)6-2)10(17)14-11(18)15(9)4/h7H,5-6H2,1-4H3,(H,14,17,18)/t7-/m1/s1. The van der Waals surface area contributed by atoms with Crippen molar-refractivity contribution in [3.8, 4) is 0 Å². The van der Waals surface area contributed by atoms with Gasteiger partial charge in [-0.3, -0.25) is 14.3 Å². The summed E-state index contributed by atoms with van der Waals surface area (Å²) in [5.41, 5.74) is 0.110. The molecule has 2 aromatic heterocycles. The SMILES string of the molecule is CC[C@@H](C)Sc1nc2c(c(=O)[nH]c(=O)n2C)n1CC. The van der Waals surface area contributed by atoms with Crippen LogP contribution in [0.2, 0.25) is 0 Å². The molecular weight excluding hydrogens is 264 g/mol. The summed E-state index contributed by atoms with van der Waals surface area (Å²) >= 11 is 1.63. The Balaban J connectivity index is 2.74. The van der Waals surface area contributed by atoms with Crippen molar-refractivity contribution < 1.29 is 0 Å². The molecule has 0 amide bonds. The molecule has 0 aliphatic heterocycles. The Morgan fingerprint density at radius 3 is 2.63 bits per heavy atom. The van der Waals surface area contributed by atoms with Crippen LogP contribution >= 0.6 is 11.8 Å². The first-order valence-corrected chi connectivity index (χ1v) is 7.23. The van der Waals surface area contributed by atoms with Crippen LogP contribution in [-0.4, -0.2) is 24.4 Å². The molecule has 104 valence electrons. The van der Waals surface area contributed by atoms with E-state index in [1.165, 1.54) is 4.57 Å². The Hall–Kier alpha value is -1.50. The second-order valence-electron chi connectivity index (χ2n) is 4.47. The highest BCUT2D eigenvalue weighted by Crippen LogP contribution is 2.26. The van der Waals surface area contributed by atoms with E-state index in [-0.39, 0.29) is 5.56 Å². The number of nitrogens with zero attached hydrogens (tertiary/aromatic N) is 3. The van der Waals surface area contributed by atoms with Crippen LogP contribution in [0.15, 0.2) is 14.7 Å². The zero-order valence-electron chi connectivity index (χ0n) is 11.6. The quantitative estimate of drug-likeness (QED) is 0.859. The minimum atomic E-state index is -0.432. The molecule has 0 bridgehead atoms.